The van der Waals surface area contributed by atoms with Crippen LogP contribution in [0.25, 0.3) is 0 Å². The molecule has 5 rings (SSSR count). The number of rotatable bonds is 5. The molecular formula is C27H19Cl2N3O4. The summed E-state index contributed by atoms with van der Waals surface area (Å²) in [5.41, 5.74) is 0.633. The quantitative estimate of drug-likeness (QED) is 0.339. The number of amides is 3. The van der Waals surface area contributed by atoms with Crippen LogP contribution >= 0.6 is 23.2 Å². The highest BCUT2D eigenvalue weighted by atomic mass is 35.5. The Labute approximate surface area is 217 Å². The number of ether oxygens (including phenoxy) is 1. The standard InChI is InChI=1S/C27H19Cl2N3O4/c28-20-10-21(29)12-22(11-20)32-25(34)27(13-17-6-8-18(15-30)9-7-17)14-23(16-31(27)26(32)35)36-24(33)19-4-2-1-3-5-19/h1-12,23H,13-14,16H2/t23-,27+/m1/s1. The van der Waals surface area contributed by atoms with E-state index in [1.165, 1.54) is 23.1 Å². The molecule has 36 heavy (non-hydrogen) atoms. The summed E-state index contributed by atoms with van der Waals surface area (Å²) in [6.45, 7) is 0.0597. The van der Waals surface area contributed by atoms with Gasteiger partial charge in [-0.15, -0.1) is 0 Å². The number of benzene rings is 3. The minimum atomic E-state index is -1.28. The fourth-order valence-electron chi connectivity index (χ4n) is 4.86. The fourth-order valence-corrected chi connectivity index (χ4v) is 5.37. The molecule has 2 aliphatic rings. The maximum Gasteiger partial charge on any atom is 0.338 e. The van der Waals surface area contributed by atoms with Crippen LogP contribution in [0.5, 0.6) is 0 Å². The van der Waals surface area contributed by atoms with Crippen LogP contribution in [0.4, 0.5) is 10.5 Å². The molecule has 2 heterocycles. The monoisotopic (exact) mass is 519 g/mol. The normalized spacial score (nSPS) is 20.9. The smallest absolute Gasteiger partial charge is 0.338 e. The van der Waals surface area contributed by atoms with E-state index in [4.69, 9.17) is 33.2 Å². The first-order valence-corrected chi connectivity index (χ1v) is 11.9. The predicted molar refractivity (Wildman–Crippen MR) is 134 cm³/mol. The first kappa shape index (κ1) is 23.9. The molecular weight excluding hydrogens is 501 g/mol. The van der Waals surface area contributed by atoms with Crippen molar-refractivity contribution in [1.82, 2.24) is 4.90 Å². The third-order valence-corrected chi connectivity index (χ3v) is 6.90. The van der Waals surface area contributed by atoms with Crippen LogP contribution in [-0.4, -0.2) is 41.0 Å². The Morgan fingerprint density at radius 2 is 1.69 bits per heavy atom. The molecule has 0 spiro atoms. The van der Waals surface area contributed by atoms with Crippen molar-refractivity contribution in [3.63, 3.8) is 0 Å². The number of anilines is 1. The van der Waals surface area contributed by atoms with E-state index in [9.17, 15) is 14.4 Å². The summed E-state index contributed by atoms with van der Waals surface area (Å²) < 4.78 is 5.72. The molecule has 2 aliphatic heterocycles. The van der Waals surface area contributed by atoms with E-state index in [0.29, 0.717) is 21.2 Å². The van der Waals surface area contributed by atoms with E-state index in [2.05, 4.69) is 6.07 Å². The van der Waals surface area contributed by atoms with Gasteiger partial charge in [-0.1, -0.05) is 53.5 Å². The number of esters is 1. The van der Waals surface area contributed by atoms with Crippen LogP contribution in [0, 0.1) is 11.3 Å². The van der Waals surface area contributed by atoms with Crippen molar-refractivity contribution in [3.8, 4) is 6.07 Å². The lowest BCUT2D eigenvalue weighted by Gasteiger charge is -2.28. The minimum Gasteiger partial charge on any atom is -0.457 e. The molecule has 0 aromatic heterocycles. The predicted octanol–water partition coefficient (Wildman–Crippen LogP) is 5.24. The summed E-state index contributed by atoms with van der Waals surface area (Å²) in [4.78, 5) is 42.8. The van der Waals surface area contributed by atoms with Gasteiger partial charge in [-0.25, -0.2) is 14.5 Å². The molecule has 0 saturated carbocycles. The van der Waals surface area contributed by atoms with Gasteiger partial charge in [0.25, 0.3) is 5.91 Å². The molecule has 2 atom stereocenters. The fraction of sp³-hybridized carbons (Fsp3) is 0.185. The second-order valence-corrected chi connectivity index (χ2v) is 9.65. The number of nitrogens with zero attached hydrogens (tertiary/aromatic N) is 3. The molecule has 3 aromatic carbocycles. The van der Waals surface area contributed by atoms with Gasteiger partial charge in [0, 0.05) is 22.9 Å². The molecule has 0 unspecified atom stereocenters. The lowest BCUT2D eigenvalue weighted by Crippen LogP contribution is -2.47. The Hall–Kier alpha value is -3.86. The largest absolute Gasteiger partial charge is 0.457 e. The number of carbonyl (C=O) groups is 3. The number of hydrogen-bond donors (Lipinski definition) is 0. The molecule has 7 nitrogen and oxygen atoms in total. The molecule has 0 N–H and O–H groups in total. The molecule has 9 heteroatoms. The molecule has 0 bridgehead atoms. The summed E-state index contributed by atoms with van der Waals surface area (Å²) in [6.07, 6.45) is -0.358. The third kappa shape index (κ3) is 4.19. The molecule has 180 valence electrons. The highest BCUT2D eigenvalue weighted by Crippen LogP contribution is 2.44. The molecule has 0 aliphatic carbocycles. The Morgan fingerprint density at radius 1 is 1.03 bits per heavy atom. The SMILES string of the molecule is N#Cc1ccc(C[C@@]23C[C@@H](OC(=O)c4ccccc4)CN2C(=O)N(c2cc(Cl)cc(Cl)c2)C3=O)cc1. The number of nitriles is 1. The van der Waals surface area contributed by atoms with Gasteiger partial charge in [-0.2, -0.15) is 5.26 Å². The van der Waals surface area contributed by atoms with Gasteiger partial charge in [-0.3, -0.25) is 4.79 Å². The average molecular weight is 520 g/mol. The van der Waals surface area contributed by atoms with Crippen LogP contribution in [-0.2, 0) is 16.0 Å². The Balaban J connectivity index is 1.49. The van der Waals surface area contributed by atoms with Crippen LogP contribution < -0.4 is 4.90 Å². The summed E-state index contributed by atoms with van der Waals surface area (Å²) in [5, 5.41) is 9.71. The van der Waals surface area contributed by atoms with Gasteiger partial charge in [-0.05, 0) is 48.0 Å². The van der Waals surface area contributed by atoms with Crippen molar-refractivity contribution >= 4 is 46.8 Å². The van der Waals surface area contributed by atoms with Crippen LogP contribution in [0.3, 0.4) is 0 Å². The van der Waals surface area contributed by atoms with Crippen molar-refractivity contribution in [1.29, 1.82) is 5.26 Å². The maximum absolute atomic E-state index is 14.0. The molecule has 3 aromatic rings. The highest BCUT2D eigenvalue weighted by molar-refractivity contribution is 6.35. The first-order chi connectivity index (χ1) is 17.3. The number of carbonyl (C=O) groups excluding carboxylic acids is 3. The average Bonchev–Trinajstić information content (AvgIpc) is 3.31. The summed E-state index contributed by atoms with van der Waals surface area (Å²) >= 11 is 12.3. The zero-order valence-electron chi connectivity index (χ0n) is 18.9. The van der Waals surface area contributed by atoms with E-state index in [1.54, 1.807) is 54.6 Å². The molecule has 2 fully saturated rings. The van der Waals surface area contributed by atoms with E-state index in [1.807, 2.05) is 0 Å². The van der Waals surface area contributed by atoms with E-state index >= 15 is 0 Å². The van der Waals surface area contributed by atoms with E-state index < -0.39 is 29.6 Å². The number of fused-ring (bicyclic) bond motifs is 1. The molecule has 2 saturated heterocycles. The van der Waals surface area contributed by atoms with Gasteiger partial charge in [0.2, 0.25) is 0 Å². The topological polar surface area (TPSA) is 90.7 Å². The van der Waals surface area contributed by atoms with Crippen molar-refractivity contribution in [3.05, 3.63) is 99.5 Å². The van der Waals surface area contributed by atoms with Crippen molar-refractivity contribution in [2.45, 2.75) is 24.5 Å². The van der Waals surface area contributed by atoms with Gasteiger partial charge in [0.15, 0.2) is 0 Å². The zero-order valence-corrected chi connectivity index (χ0v) is 20.4. The summed E-state index contributed by atoms with van der Waals surface area (Å²) in [7, 11) is 0. The van der Waals surface area contributed by atoms with Gasteiger partial charge < -0.3 is 9.64 Å². The Bertz CT molecular complexity index is 1380. The minimum absolute atomic E-state index is 0.0597. The number of hydrogen-bond acceptors (Lipinski definition) is 5. The number of imide groups is 1. The summed E-state index contributed by atoms with van der Waals surface area (Å²) in [5.74, 6) is -0.970. The second kappa shape index (κ2) is 9.30. The van der Waals surface area contributed by atoms with E-state index in [-0.39, 0.29) is 25.1 Å². The third-order valence-electron chi connectivity index (χ3n) is 6.46. The number of halogens is 2. The molecule has 0 radical (unpaired) electrons. The lowest BCUT2D eigenvalue weighted by atomic mass is 9.87. The van der Waals surface area contributed by atoms with Crippen molar-refractivity contribution in [2.24, 2.45) is 0 Å². The Kier molecular flexibility index (Phi) is 6.17. The number of urea groups is 1. The van der Waals surface area contributed by atoms with E-state index in [0.717, 1.165) is 10.5 Å². The van der Waals surface area contributed by atoms with Crippen molar-refractivity contribution < 1.29 is 19.1 Å². The van der Waals surface area contributed by atoms with Crippen molar-refractivity contribution in [2.75, 3.05) is 11.4 Å². The van der Waals surface area contributed by atoms with Crippen LogP contribution in [0.1, 0.15) is 27.9 Å². The van der Waals surface area contributed by atoms with Crippen LogP contribution in [0.15, 0.2) is 72.8 Å². The molecule has 3 amide bonds. The summed E-state index contributed by atoms with van der Waals surface area (Å²) in [6, 6.07) is 21.4. The van der Waals surface area contributed by atoms with Gasteiger partial charge in [0.05, 0.1) is 29.4 Å². The van der Waals surface area contributed by atoms with Gasteiger partial charge in [0.1, 0.15) is 11.6 Å². The second-order valence-electron chi connectivity index (χ2n) is 8.78. The maximum atomic E-state index is 14.0. The van der Waals surface area contributed by atoms with Crippen LogP contribution in [0.2, 0.25) is 10.0 Å². The zero-order chi connectivity index (χ0) is 25.4. The van der Waals surface area contributed by atoms with Gasteiger partial charge >= 0.3 is 12.0 Å². The highest BCUT2D eigenvalue weighted by Gasteiger charge is 2.63. The first-order valence-electron chi connectivity index (χ1n) is 11.2. The lowest BCUT2D eigenvalue weighted by molar-refractivity contribution is -0.124. The Morgan fingerprint density at radius 3 is 2.33 bits per heavy atom.